The molecular formula is C14H10F6N2O. The van der Waals surface area contributed by atoms with Gasteiger partial charge in [0, 0.05) is 6.07 Å². The number of halogens is 6. The lowest BCUT2D eigenvalue weighted by molar-refractivity contribution is -0.143. The summed E-state index contributed by atoms with van der Waals surface area (Å²) in [6.45, 7) is 0. The summed E-state index contributed by atoms with van der Waals surface area (Å²) in [6.07, 6.45) is -9.89. The number of benzene rings is 2. The highest BCUT2D eigenvalue weighted by Crippen LogP contribution is 2.39. The first kappa shape index (κ1) is 16.8. The van der Waals surface area contributed by atoms with Crippen molar-refractivity contribution in [1.29, 1.82) is 0 Å². The second-order valence-corrected chi connectivity index (χ2v) is 4.63. The normalized spacial score (nSPS) is 12.3. The van der Waals surface area contributed by atoms with Crippen molar-refractivity contribution in [2.45, 2.75) is 12.4 Å². The number of nitrogen functional groups attached to an aromatic ring is 2. The van der Waals surface area contributed by atoms with Crippen LogP contribution in [0, 0.1) is 0 Å². The number of anilines is 2. The molecule has 0 unspecified atom stereocenters. The smallest absolute Gasteiger partial charge is 0.416 e. The van der Waals surface area contributed by atoms with Crippen molar-refractivity contribution >= 4 is 11.4 Å². The number of hydrogen-bond acceptors (Lipinski definition) is 3. The Kier molecular flexibility index (Phi) is 4.06. The summed E-state index contributed by atoms with van der Waals surface area (Å²) >= 11 is 0. The van der Waals surface area contributed by atoms with Gasteiger partial charge in [-0.25, -0.2) is 0 Å². The average molecular weight is 336 g/mol. The van der Waals surface area contributed by atoms with Gasteiger partial charge in [-0.05, 0) is 30.3 Å². The molecule has 23 heavy (non-hydrogen) atoms. The molecule has 0 aliphatic rings. The van der Waals surface area contributed by atoms with Crippen LogP contribution < -0.4 is 16.2 Å². The van der Waals surface area contributed by atoms with Gasteiger partial charge in [0.15, 0.2) is 0 Å². The van der Waals surface area contributed by atoms with E-state index in [2.05, 4.69) is 0 Å². The highest BCUT2D eigenvalue weighted by atomic mass is 19.4. The molecular weight excluding hydrogens is 326 g/mol. The molecule has 2 aromatic carbocycles. The molecule has 0 amide bonds. The third kappa shape index (κ3) is 3.99. The molecule has 2 rings (SSSR count). The third-order valence-electron chi connectivity index (χ3n) is 2.86. The second-order valence-electron chi connectivity index (χ2n) is 4.63. The van der Waals surface area contributed by atoms with Crippen LogP contribution in [0.4, 0.5) is 37.7 Å². The van der Waals surface area contributed by atoms with Gasteiger partial charge in [-0.3, -0.25) is 0 Å². The number of alkyl halides is 6. The zero-order valence-corrected chi connectivity index (χ0v) is 11.3. The second kappa shape index (κ2) is 5.56. The lowest BCUT2D eigenvalue weighted by Crippen LogP contribution is -2.11. The molecule has 0 spiro atoms. The molecule has 9 heteroatoms. The Morgan fingerprint density at radius 2 is 1.17 bits per heavy atom. The monoisotopic (exact) mass is 336 g/mol. The third-order valence-corrected chi connectivity index (χ3v) is 2.86. The number of hydrogen-bond donors (Lipinski definition) is 2. The maximum atomic E-state index is 12.7. The van der Waals surface area contributed by atoms with Gasteiger partial charge in [0.2, 0.25) is 0 Å². The van der Waals surface area contributed by atoms with Crippen molar-refractivity contribution in [3.8, 4) is 11.5 Å². The van der Waals surface area contributed by atoms with Gasteiger partial charge in [0.25, 0.3) is 0 Å². The van der Waals surface area contributed by atoms with E-state index in [0.717, 1.165) is 0 Å². The van der Waals surface area contributed by atoms with Crippen molar-refractivity contribution in [1.82, 2.24) is 0 Å². The van der Waals surface area contributed by atoms with Gasteiger partial charge >= 0.3 is 12.4 Å². The Morgan fingerprint density at radius 1 is 0.652 bits per heavy atom. The van der Waals surface area contributed by atoms with Crippen LogP contribution in [0.15, 0.2) is 36.4 Å². The summed E-state index contributed by atoms with van der Waals surface area (Å²) in [5.74, 6) is -0.652. The van der Waals surface area contributed by atoms with Gasteiger partial charge in [0.05, 0.1) is 22.5 Å². The van der Waals surface area contributed by atoms with Gasteiger partial charge in [-0.1, -0.05) is 0 Å². The highest BCUT2D eigenvalue weighted by molar-refractivity contribution is 5.65. The predicted octanol–water partition coefficient (Wildman–Crippen LogP) is 4.68. The van der Waals surface area contributed by atoms with E-state index in [4.69, 9.17) is 16.2 Å². The molecule has 0 fully saturated rings. The summed E-state index contributed by atoms with van der Waals surface area (Å²) < 4.78 is 81.4. The minimum Gasteiger partial charge on any atom is -0.457 e. The topological polar surface area (TPSA) is 61.3 Å². The van der Waals surface area contributed by atoms with Crippen LogP contribution in [0.1, 0.15) is 11.1 Å². The van der Waals surface area contributed by atoms with Crippen molar-refractivity contribution < 1.29 is 31.1 Å². The van der Waals surface area contributed by atoms with Crippen LogP contribution in [0.5, 0.6) is 11.5 Å². The first-order valence-electron chi connectivity index (χ1n) is 6.09. The Bertz CT molecular complexity index is 692. The van der Waals surface area contributed by atoms with E-state index in [-0.39, 0.29) is 23.2 Å². The summed E-state index contributed by atoms with van der Waals surface area (Å²) in [7, 11) is 0. The van der Waals surface area contributed by atoms with Crippen molar-refractivity contribution in [3.05, 3.63) is 47.5 Å². The fourth-order valence-electron chi connectivity index (χ4n) is 1.74. The first-order valence-corrected chi connectivity index (χ1v) is 6.09. The van der Waals surface area contributed by atoms with E-state index >= 15 is 0 Å². The predicted molar refractivity (Wildman–Crippen MR) is 71.8 cm³/mol. The molecule has 0 aromatic heterocycles. The van der Waals surface area contributed by atoms with Crippen molar-refractivity contribution in [3.63, 3.8) is 0 Å². The fourth-order valence-corrected chi connectivity index (χ4v) is 1.74. The molecule has 0 saturated carbocycles. The van der Waals surface area contributed by atoms with Crippen LogP contribution >= 0.6 is 0 Å². The molecule has 2 aromatic rings. The van der Waals surface area contributed by atoms with E-state index in [1.807, 2.05) is 0 Å². The molecule has 0 aliphatic heterocycles. The fraction of sp³-hybridized carbons (Fsp3) is 0.143. The molecule has 4 N–H and O–H groups in total. The minimum absolute atomic E-state index is 0.0181. The van der Waals surface area contributed by atoms with E-state index in [1.165, 1.54) is 18.2 Å². The van der Waals surface area contributed by atoms with E-state index in [9.17, 15) is 26.3 Å². The number of nitrogens with two attached hydrogens (primary N) is 2. The quantitative estimate of drug-likeness (QED) is 0.618. The minimum atomic E-state index is -4.94. The molecule has 0 bridgehead atoms. The Balaban J connectivity index is 2.46. The van der Waals surface area contributed by atoms with Crippen LogP contribution in [-0.2, 0) is 12.4 Å². The first-order chi connectivity index (χ1) is 10.5. The molecule has 0 radical (unpaired) electrons. The summed E-state index contributed by atoms with van der Waals surface area (Å²) in [5, 5.41) is 0. The van der Waals surface area contributed by atoms with Crippen LogP contribution in [0.25, 0.3) is 0 Å². The zero-order chi connectivity index (χ0) is 17.4. The number of ether oxygens (including phenoxy) is 1. The molecule has 0 atom stereocenters. The molecule has 0 aliphatic carbocycles. The maximum absolute atomic E-state index is 12.7. The largest absolute Gasteiger partial charge is 0.457 e. The average Bonchev–Trinajstić information content (AvgIpc) is 2.41. The summed E-state index contributed by atoms with van der Waals surface area (Å²) in [4.78, 5) is 0. The molecule has 0 saturated heterocycles. The summed E-state index contributed by atoms with van der Waals surface area (Å²) in [6, 6.07) is 4.76. The van der Waals surface area contributed by atoms with Gasteiger partial charge in [-0.2, -0.15) is 26.3 Å². The van der Waals surface area contributed by atoms with Crippen LogP contribution in [0.2, 0.25) is 0 Å². The van der Waals surface area contributed by atoms with E-state index in [0.29, 0.717) is 12.1 Å². The Hall–Kier alpha value is -2.58. The van der Waals surface area contributed by atoms with Crippen molar-refractivity contribution in [2.75, 3.05) is 11.5 Å². The SMILES string of the molecule is Nc1ccc(Oc2cc(C(F)(F)F)cc(C(F)(F)F)c2)cc1N. The maximum Gasteiger partial charge on any atom is 0.416 e. The molecule has 0 heterocycles. The van der Waals surface area contributed by atoms with Crippen LogP contribution in [0.3, 0.4) is 0 Å². The van der Waals surface area contributed by atoms with Crippen LogP contribution in [-0.4, -0.2) is 0 Å². The molecule has 124 valence electrons. The van der Waals surface area contributed by atoms with Gasteiger partial charge < -0.3 is 16.2 Å². The van der Waals surface area contributed by atoms with Crippen molar-refractivity contribution in [2.24, 2.45) is 0 Å². The van der Waals surface area contributed by atoms with Gasteiger partial charge in [-0.15, -0.1) is 0 Å². The van der Waals surface area contributed by atoms with E-state index < -0.39 is 29.2 Å². The Labute approximate surface area is 126 Å². The van der Waals surface area contributed by atoms with Gasteiger partial charge in [0.1, 0.15) is 11.5 Å². The number of rotatable bonds is 2. The zero-order valence-electron chi connectivity index (χ0n) is 11.3. The van der Waals surface area contributed by atoms with E-state index in [1.54, 1.807) is 0 Å². The lowest BCUT2D eigenvalue weighted by atomic mass is 10.1. The summed E-state index contributed by atoms with van der Waals surface area (Å²) in [5.41, 5.74) is 8.33. The Morgan fingerprint density at radius 3 is 1.61 bits per heavy atom. The highest BCUT2D eigenvalue weighted by Gasteiger charge is 2.37. The molecule has 3 nitrogen and oxygen atoms in total. The lowest BCUT2D eigenvalue weighted by Gasteiger charge is -2.15. The standard InChI is InChI=1S/C14H10F6N2O/c15-13(16,17)7-3-8(14(18,19)20)5-10(4-7)23-9-1-2-11(21)12(22)6-9/h1-6H,21-22H2.